The summed E-state index contributed by atoms with van der Waals surface area (Å²) < 4.78 is 0. The zero-order chi connectivity index (χ0) is 20.7. The average molecular weight is 400 g/mol. The molecule has 30 heavy (non-hydrogen) atoms. The van der Waals surface area contributed by atoms with Crippen molar-refractivity contribution >= 4 is 17.8 Å². The minimum atomic E-state index is 0.000279. The van der Waals surface area contributed by atoms with E-state index in [-0.39, 0.29) is 5.91 Å². The molecule has 7 nitrogen and oxygen atoms in total. The highest BCUT2D eigenvalue weighted by Crippen LogP contribution is 2.36. The van der Waals surface area contributed by atoms with Crippen LogP contribution in [0.2, 0.25) is 0 Å². The predicted octanol–water partition coefficient (Wildman–Crippen LogP) is 2.96. The first-order valence-corrected chi connectivity index (χ1v) is 10.3. The Morgan fingerprint density at radius 3 is 2.70 bits per heavy atom. The maximum absolute atomic E-state index is 13.6. The van der Waals surface area contributed by atoms with E-state index in [1.807, 2.05) is 42.2 Å². The monoisotopic (exact) mass is 400 g/mol. The van der Waals surface area contributed by atoms with E-state index < -0.39 is 0 Å². The zero-order valence-corrected chi connectivity index (χ0v) is 17.0. The van der Waals surface area contributed by atoms with Gasteiger partial charge in [-0.3, -0.25) is 4.79 Å². The van der Waals surface area contributed by atoms with Gasteiger partial charge in [0.25, 0.3) is 5.91 Å². The number of piperidine rings is 1. The summed E-state index contributed by atoms with van der Waals surface area (Å²) in [6, 6.07) is 12.1. The molecule has 0 N–H and O–H groups in total. The molecule has 7 heteroatoms. The molecule has 1 aromatic carbocycles. The molecule has 5 rings (SSSR count). The Labute approximate surface area is 175 Å². The zero-order valence-electron chi connectivity index (χ0n) is 17.0. The number of likely N-dealkylation sites (tertiary alicyclic amines) is 1. The molecular formula is C23H24N6O. The molecule has 2 fully saturated rings. The number of pyridine rings is 1. The van der Waals surface area contributed by atoms with Crippen molar-refractivity contribution in [2.75, 3.05) is 24.5 Å². The van der Waals surface area contributed by atoms with Crippen LogP contribution in [0.1, 0.15) is 28.0 Å². The number of rotatable bonds is 4. The van der Waals surface area contributed by atoms with Gasteiger partial charge in [0, 0.05) is 31.2 Å². The number of benzene rings is 1. The molecule has 0 aliphatic carbocycles. The lowest BCUT2D eigenvalue weighted by atomic mass is 9.82. The lowest BCUT2D eigenvalue weighted by Crippen LogP contribution is -2.65. The van der Waals surface area contributed by atoms with Crippen molar-refractivity contribution in [3.05, 3.63) is 72.2 Å². The van der Waals surface area contributed by atoms with Crippen molar-refractivity contribution in [2.24, 2.45) is 5.92 Å². The molecular weight excluding hydrogens is 376 g/mol. The third-order valence-electron chi connectivity index (χ3n) is 6.15. The normalized spacial score (nSPS) is 20.4. The summed E-state index contributed by atoms with van der Waals surface area (Å²) in [5.74, 6) is 1.61. The van der Waals surface area contributed by atoms with Crippen molar-refractivity contribution in [3.8, 4) is 5.69 Å². The maximum Gasteiger partial charge on any atom is 0.256 e. The molecule has 4 heterocycles. The van der Waals surface area contributed by atoms with Gasteiger partial charge < -0.3 is 9.80 Å². The van der Waals surface area contributed by atoms with Gasteiger partial charge >= 0.3 is 0 Å². The summed E-state index contributed by atoms with van der Waals surface area (Å²) >= 11 is 0. The van der Waals surface area contributed by atoms with Gasteiger partial charge in [-0.1, -0.05) is 30.9 Å². The highest BCUT2D eigenvalue weighted by molar-refractivity contribution is 6.01. The van der Waals surface area contributed by atoms with E-state index in [0.29, 0.717) is 29.8 Å². The molecule has 2 aromatic heterocycles. The molecule has 2 aliphatic heterocycles. The van der Waals surface area contributed by atoms with Crippen molar-refractivity contribution in [3.63, 3.8) is 0 Å². The van der Waals surface area contributed by atoms with E-state index in [1.165, 1.54) is 4.80 Å². The Balaban J connectivity index is 1.43. The third kappa shape index (κ3) is 3.07. The largest absolute Gasteiger partial charge is 0.351 e. The van der Waals surface area contributed by atoms with Crippen LogP contribution in [0.25, 0.3) is 11.8 Å². The van der Waals surface area contributed by atoms with Crippen LogP contribution in [-0.4, -0.2) is 56.5 Å². The van der Waals surface area contributed by atoms with E-state index in [0.717, 1.165) is 36.6 Å². The Kier molecular flexibility index (Phi) is 4.58. The first kappa shape index (κ1) is 18.5. The fourth-order valence-electron chi connectivity index (χ4n) is 4.56. The molecule has 0 radical (unpaired) electrons. The van der Waals surface area contributed by atoms with E-state index in [4.69, 9.17) is 0 Å². The second kappa shape index (κ2) is 7.40. The number of nitrogens with zero attached hydrogens (tertiary/aromatic N) is 6. The summed E-state index contributed by atoms with van der Waals surface area (Å²) in [5.41, 5.74) is 3.08. The fourth-order valence-corrected chi connectivity index (χ4v) is 4.56. The van der Waals surface area contributed by atoms with Gasteiger partial charge in [0.15, 0.2) is 0 Å². The summed E-state index contributed by atoms with van der Waals surface area (Å²) in [5, 5.41) is 8.46. The average Bonchev–Trinajstić information content (AvgIpc) is 3.28. The summed E-state index contributed by atoms with van der Waals surface area (Å²) in [6.07, 6.45) is 5.95. The molecule has 2 aliphatic rings. The Morgan fingerprint density at radius 1 is 1.13 bits per heavy atom. The van der Waals surface area contributed by atoms with E-state index in [1.54, 1.807) is 18.5 Å². The summed E-state index contributed by atoms with van der Waals surface area (Å²) in [4.78, 5) is 24.1. The minimum Gasteiger partial charge on any atom is -0.351 e. The molecule has 1 amide bonds. The Morgan fingerprint density at radius 2 is 1.93 bits per heavy atom. The van der Waals surface area contributed by atoms with Crippen molar-refractivity contribution in [2.45, 2.75) is 19.4 Å². The standard InChI is InChI=1S/C23H24N6O/c1-3-17-7-5-8-19(29-24-11-12-25-29)22(17)23(30)27-13-10-18-14-28(20(18)15-27)21-9-4-6-16(2)26-21/h3-9,11-12,18,20H,1,10,13-15H2,2H3. The number of fused-ring (bicyclic) bond motifs is 1. The van der Waals surface area contributed by atoms with Crippen molar-refractivity contribution in [1.82, 2.24) is 24.9 Å². The van der Waals surface area contributed by atoms with Crippen molar-refractivity contribution in [1.29, 1.82) is 0 Å². The summed E-state index contributed by atoms with van der Waals surface area (Å²) in [7, 11) is 0. The van der Waals surface area contributed by atoms with E-state index in [9.17, 15) is 4.79 Å². The third-order valence-corrected chi connectivity index (χ3v) is 6.15. The second-order valence-electron chi connectivity index (χ2n) is 7.92. The van der Waals surface area contributed by atoms with Crippen LogP contribution in [0.15, 0.2) is 55.4 Å². The smallest absolute Gasteiger partial charge is 0.256 e. The molecule has 0 bridgehead atoms. The van der Waals surface area contributed by atoms with Crippen LogP contribution < -0.4 is 4.90 Å². The lowest BCUT2D eigenvalue weighted by Gasteiger charge is -2.54. The van der Waals surface area contributed by atoms with Crippen LogP contribution in [0, 0.1) is 12.8 Å². The number of carbonyl (C=O) groups is 1. The number of aryl methyl sites for hydroxylation is 1. The van der Waals surface area contributed by atoms with E-state index in [2.05, 4.69) is 32.7 Å². The van der Waals surface area contributed by atoms with Gasteiger partial charge in [-0.2, -0.15) is 15.0 Å². The van der Waals surface area contributed by atoms with Crippen LogP contribution in [0.3, 0.4) is 0 Å². The molecule has 2 atom stereocenters. The first-order valence-electron chi connectivity index (χ1n) is 10.3. The molecule has 3 aromatic rings. The number of carbonyl (C=O) groups excluding carboxylic acids is 1. The Bertz CT molecular complexity index is 1090. The minimum absolute atomic E-state index is 0.000279. The maximum atomic E-state index is 13.6. The van der Waals surface area contributed by atoms with Crippen molar-refractivity contribution < 1.29 is 4.79 Å². The van der Waals surface area contributed by atoms with Gasteiger partial charge in [0.2, 0.25) is 0 Å². The van der Waals surface area contributed by atoms with Crippen LogP contribution in [0.5, 0.6) is 0 Å². The quantitative estimate of drug-likeness (QED) is 0.674. The van der Waals surface area contributed by atoms with Gasteiger partial charge in [-0.25, -0.2) is 4.98 Å². The fraction of sp³-hybridized carbons (Fsp3) is 0.304. The van der Waals surface area contributed by atoms with Crippen LogP contribution in [0.4, 0.5) is 5.82 Å². The molecule has 0 spiro atoms. The predicted molar refractivity (Wildman–Crippen MR) is 116 cm³/mol. The van der Waals surface area contributed by atoms with Gasteiger partial charge in [-0.05, 0) is 37.1 Å². The van der Waals surface area contributed by atoms with Gasteiger partial charge in [0.1, 0.15) is 5.82 Å². The topological polar surface area (TPSA) is 67.2 Å². The highest BCUT2D eigenvalue weighted by atomic mass is 16.2. The lowest BCUT2D eigenvalue weighted by molar-refractivity contribution is 0.0590. The number of hydrogen-bond acceptors (Lipinski definition) is 5. The number of amides is 1. The second-order valence-corrected chi connectivity index (χ2v) is 7.92. The Hall–Kier alpha value is -3.48. The molecule has 2 saturated heterocycles. The SMILES string of the molecule is C=Cc1cccc(-n2nccn2)c1C(=O)N1CCC2CN(c3cccc(C)n3)C2C1. The van der Waals surface area contributed by atoms with Crippen LogP contribution in [-0.2, 0) is 0 Å². The van der Waals surface area contributed by atoms with Gasteiger partial charge in [0.05, 0.1) is 29.7 Å². The molecule has 152 valence electrons. The van der Waals surface area contributed by atoms with Gasteiger partial charge in [-0.15, -0.1) is 0 Å². The van der Waals surface area contributed by atoms with E-state index >= 15 is 0 Å². The van der Waals surface area contributed by atoms with Crippen LogP contribution >= 0.6 is 0 Å². The number of hydrogen-bond donors (Lipinski definition) is 0. The number of anilines is 1. The summed E-state index contributed by atoms with van der Waals surface area (Å²) in [6.45, 7) is 8.37. The first-order chi connectivity index (χ1) is 14.7. The molecule has 2 unspecified atom stereocenters. The molecule has 0 saturated carbocycles. The number of aromatic nitrogens is 4. The highest BCUT2D eigenvalue weighted by Gasteiger charge is 2.44.